The van der Waals surface area contributed by atoms with Gasteiger partial charge in [-0.2, -0.15) is 0 Å². The van der Waals surface area contributed by atoms with E-state index in [9.17, 15) is 8.42 Å². The van der Waals surface area contributed by atoms with E-state index in [-0.39, 0.29) is 10.3 Å². The average molecular weight is 227 g/mol. The largest absolute Gasteiger partial charge is 0.315 e. The van der Waals surface area contributed by atoms with Crippen LogP contribution in [0.2, 0.25) is 0 Å². The van der Waals surface area contributed by atoms with E-state index in [0.29, 0.717) is 18.7 Å². The van der Waals surface area contributed by atoms with E-state index in [1.165, 1.54) is 12.4 Å². The Kier molecular flexibility index (Phi) is 2.70. The molecule has 15 heavy (non-hydrogen) atoms. The van der Waals surface area contributed by atoms with Crippen LogP contribution in [-0.4, -0.2) is 36.7 Å². The van der Waals surface area contributed by atoms with E-state index in [2.05, 4.69) is 15.3 Å². The van der Waals surface area contributed by atoms with Crippen LogP contribution in [-0.2, 0) is 9.84 Å². The van der Waals surface area contributed by atoms with Crippen LogP contribution < -0.4 is 5.32 Å². The van der Waals surface area contributed by atoms with E-state index in [0.717, 1.165) is 6.54 Å². The highest BCUT2D eigenvalue weighted by Gasteiger charge is 2.32. The summed E-state index contributed by atoms with van der Waals surface area (Å²) in [6, 6.07) is 0. The maximum atomic E-state index is 12.1. The Labute approximate surface area is 88.9 Å². The predicted molar refractivity (Wildman–Crippen MR) is 55.2 cm³/mol. The highest BCUT2D eigenvalue weighted by atomic mass is 32.2. The molecule has 1 unspecified atom stereocenters. The highest BCUT2D eigenvalue weighted by molar-refractivity contribution is 7.92. The van der Waals surface area contributed by atoms with Gasteiger partial charge in [-0.25, -0.2) is 13.4 Å². The fourth-order valence-corrected chi connectivity index (χ4v) is 3.48. The second kappa shape index (κ2) is 3.86. The van der Waals surface area contributed by atoms with Gasteiger partial charge < -0.3 is 5.32 Å². The van der Waals surface area contributed by atoms with Crippen LogP contribution in [0.4, 0.5) is 0 Å². The maximum Gasteiger partial charge on any atom is 0.201 e. The molecule has 2 heterocycles. The Bertz CT molecular complexity index is 452. The topological polar surface area (TPSA) is 72.0 Å². The van der Waals surface area contributed by atoms with Crippen molar-refractivity contribution in [3.63, 3.8) is 0 Å². The van der Waals surface area contributed by atoms with Crippen LogP contribution in [0.25, 0.3) is 0 Å². The van der Waals surface area contributed by atoms with Crippen LogP contribution in [0.5, 0.6) is 0 Å². The normalized spacial score (nSPS) is 21.8. The molecule has 1 saturated heterocycles. The van der Waals surface area contributed by atoms with E-state index in [1.54, 1.807) is 6.92 Å². The van der Waals surface area contributed by atoms with Crippen molar-refractivity contribution < 1.29 is 8.42 Å². The Hall–Kier alpha value is -1.01. The molecule has 0 saturated carbocycles. The number of aromatic nitrogens is 2. The van der Waals surface area contributed by atoms with Gasteiger partial charge in [0, 0.05) is 18.9 Å². The Balaban J connectivity index is 2.41. The van der Waals surface area contributed by atoms with Crippen LogP contribution in [0.15, 0.2) is 17.4 Å². The van der Waals surface area contributed by atoms with Crippen molar-refractivity contribution in [2.24, 2.45) is 0 Å². The first kappa shape index (κ1) is 10.5. The number of nitrogens with zero attached hydrogens (tertiary/aromatic N) is 2. The van der Waals surface area contributed by atoms with Crippen LogP contribution in [0.1, 0.15) is 12.1 Å². The summed E-state index contributed by atoms with van der Waals surface area (Å²) in [5, 5.41) is 2.81. The van der Waals surface area contributed by atoms with Gasteiger partial charge in [-0.05, 0) is 19.9 Å². The lowest BCUT2D eigenvalue weighted by Gasteiger charge is -2.10. The molecular weight excluding hydrogens is 214 g/mol. The number of hydrogen-bond donors (Lipinski definition) is 1. The summed E-state index contributed by atoms with van der Waals surface area (Å²) in [4.78, 5) is 7.87. The summed E-state index contributed by atoms with van der Waals surface area (Å²) in [6.07, 6.45) is 3.57. The molecule has 0 spiro atoms. The zero-order valence-corrected chi connectivity index (χ0v) is 9.29. The first-order chi connectivity index (χ1) is 7.12. The molecule has 82 valence electrons. The van der Waals surface area contributed by atoms with Gasteiger partial charge in [0.25, 0.3) is 0 Å². The van der Waals surface area contributed by atoms with E-state index in [1.807, 2.05) is 0 Å². The van der Waals surface area contributed by atoms with Gasteiger partial charge in [-0.15, -0.1) is 0 Å². The van der Waals surface area contributed by atoms with Gasteiger partial charge >= 0.3 is 0 Å². The summed E-state index contributed by atoms with van der Waals surface area (Å²) in [6.45, 7) is 2.93. The fraction of sp³-hybridized carbons (Fsp3) is 0.556. The minimum absolute atomic E-state index is 0.124. The van der Waals surface area contributed by atoms with Crippen molar-refractivity contribution in [1.82, 2.24) is 15.3 Å². The molecule has 0 amide bonds. The average Bonchev–Trinajstić information content (AvgIpc) is 2.71. The quantitative estimate of drug-likeness (QED) is 0.765. The van der Waals surface area contributed by atoms with Crippen molar-refractivity contribution in [2.75, 3.05) is 13.1 Å². The predicted octanol–water partition coefficient (Wildman–Crippen LogP) is -0.0794. The van der Waals surface area contributed by atoms with Crippen molar-refractivity contribution >= 4 is 9.84 Å². The number of nitrogens with one attached hydrogen (secondary N) is 1. The maximum absolute atomic E-state index is 12.1. The zero-order chi connectivity index (χ0) is 10.9. The smallest absolute Gasteiger partial charge is 0.201 e. The molecule has 5 nitrogen and oxygen atoms in total. The van der Waals surface area contributed by atoms with Crippen molar-refractivity contribution in [3.05, 3.63) is 18.1 Å². The van der Waals surface area contributed by atoms with E-state index < -0.39 is 9.84 Å². The van der Waals surface area contributed by atoms with Gasteiger partial charge in [0.05, 0.1) is 10.9 Å². The summed E-state index contributed by atoms with van der Waals surface area (Å²) in [7, 11) is -3.31. The Morgan fingerprint density at radius 1 is 1.40 bits per heavy atom. The highest BCUT2D eigenvalue weighted by Crippen LogP contribution is 2.19. The summed E-state index contributed by atoms with van der Waals surface area (Å²) < 4.78 is 24.2. The monoisotopic (exact) mass is 227 g/mol. The van der Waals surface area contributed by atoms with Crippen molar-refractivity contribution in [2.45, 2.75) is 23.6 Å². The summed E-state index contributed by atoms with van der Waals surface area (Å²) in [5.74, 6) is 0. The molecule has 1 atom stereocenters. The molecule has 0 bridgehead atoms. The third kappa shape index (κ3) is 1.87. The van der Waals surface area contributed by atoms with Crippen LogP contribution in [0.3, 0.4) is 0 Å². The molecule has 6 heteroatoms. The third-order valence-electron chi connectivity index (χ3n) is 2.56. The SMILES string of the molecule is Cc1nccnc1S(=O)(=O)C1CCNC1. The number of hydrogen-bond acceptors (Lipinski definition) is 5. The van der Waals surface area contributed by atoms with Crippen LogP contribution >= 0.6 is 0 Å². The van der Waals surface area contributed by atoms with E-state index >= 15 is 0 Å². The minimum atomic E-state index is -3.31. The van der Waals surface area contributed by atoms with Gasteiger partial charge in [0.2, 0.25) is 9.84 Å². The lowest BCUT2D eigenvalue weighted by molar-refractivity contribution is 0.577. The first-order valence-electron chi connectivity index (χ1n) is 4.84. The third-order valence-corrected chi connectivity index (χ3v) is 4.78. The Morgan fingerprint density at radius 3 is 2.73 bits per heavy atom. The van der Waals surface area contributed by atoms with Crippen molar-refractivity contribution in [1.29, 1.82) is 0 Å². The van der Waals surface area contributed by atoms with Gasteiger partial charge in [-0.1, -0.05) is 0 Å². The van der Waals surface area contributed by atoms with Crippen LogP contribution in [0, 0.1) is 6.92 Å². The molecule has 1 aliphatic heterocycles. The lowest BCUT2D eigenvalue weighted by Crippen LogP contribution is -2.25. The number of aryl methyl sites for hydroxylation is 1. The molecular formula is C9H13N3O2S. The molecule has 1 aromatic rings. The number of rotatable bonds is 2. The second-order valence-corrected chi connectivity index (χ2v) is 5.75. The van der Waals surface area contributed by atoms with E-state index in [4.69, 9.17) is 0 Å². The van der Waals surface area contributed by atoms with Crippen molar-refractivity contribution in [3.8, 4) is 0 Å². The molecule has 0 aliphatic carbocycles. The van der Waals surface area contributed by atoms with Gasteiger partial charge in [0.1, 0.15) is 0 Å². The fourth-order valence-electron chi connectivity index (χ4n) is 1.73. The van der Waals surface area contributed by atoms with Gasteiger partial charge in [-0.3, -0.25) is 4.98 Å². The molecule has 1 fully saturated rings. The molecule has 0 radical (unpaired) electrons. The molecule has 2 rings (SSSR count). The molecule has 1 N–H and O–H groups in total. The molecule has 0 aromatic carbocycles. The number of sulfone groups is 1. The van der Waals surface area contributed by atoms with Gasteiger partial charge in [0.15, 0.2) is 5.03 Å². The first-order valence-corrected chi connectivity index (χ1v) is 6.39. The molecule has 1 aromatic heterocycles. The molecule has 1 aliphatic rings. The standard InChI is InChI=1S/C9H13N3O2S/c1-7-9(12-5-4-11-7)15(13,14)8-2-3-10-6-8/h4-5,8,10H,2-3,6H2,1H3. The lowest BCUT2D eigenvalue weighted by atomic mass is 10.4. The summed E-state index contributed by atoms with van der Waals surface area (Å²) >= 11 is 0. The minimum Gasteiger partial charge on any atom is -0.315 e. The zero-order valence-electron chi connectivity index (χ0n) is 8.47. The Morgan fingerprint density at radius 2 is 2.13 bits per heavy atom. The second-order valence-electron chi connectivity index (χ2n) is 3.61. The summed E-state index contributed by atoms with van der Waals surface area (Å²) in [5.41, 5.74) is 0.476.